The monoisotopic (exact) mass is 219 g/mol. The highest BCUT2D eigenvalue weighted by molar-refractivity contribution is 5.78. The number of benzene rings is 1. The molecule has 2 heterocycles. The molecule has 6 nitrogen and oxygen atoms in total. The number of hydrogen-bond donors (Lipinski definition) is 3. The van der Waals surface area contributed by atoms with E-state index in [0.29, 0.717) is 17.6 Å². The fourth-order valence-corrected chi connectivity index (χ4v) is 1.83. The summed E-state index contributed by atoms with van der Waals surface area (Å²) in [6, 6.07) is 5.12. The van der Waals surface area contributed by atoms with Crippen LogP contribution in [0.2, 0.25) is 0 Å². The van der Waals surface area contributed by atoms with Crippen LogP contribution in [0.3, 0.4) is 0 Å². The lowest BCUT2D eigenvalue weighted by Crippen LogP contribution is -2.21. The molecule has 1 aliphatic rings. The molecule has 3 rings (SSSR count). The van der Waals surface area contributed by atoms with Crippen LogP contribution in [0.4, 0.5) is 4.79 Å². The van der Waals surface area contributed by atoms with Crippen molar-refractivity contribution in [2.24, 2.45) is 0 Å². The summed E-state index contributed by atoms with van der Waals surface area (Å²) in [5, 5.41) is 5.43. The van der Waals surface area contributed by atoms with Crippen molar-refractivity contribution in [3.63, 3.8) is 0 Å². The summed E-state index contributed by atoms with van der Waals surface area (Å²) in [5.74, 6) is -0.472. The van der Waals surface area contributed by atoms with Gasteiger partial charge in [-0.2, -0.15) is 0 Å². The quantitative estimate of drug-likeness (QED) is 0.651. The van der Waals surface area contributed by atoms with E-state index in [9.17, 15) is 9.59 Å². The number of hydrogen-bond acceptors (Lipinski definition) is 3. The molecule has 0 aliphatic carbocycles. The van der Waals surface area contributed by atoms with Crippen LogP contribution in [-0.2, 0) is 0 Å². The highest BCUT2D eigenvalue weighted by atomic mass is 16.4. The van der Waals surface area contributed by atoms with Gasteiger partial charge in [0.05, 0.1) is 11.6 Å². The van der Waals surface area contributed by atoms with Gasteiger partial charge < -0.3 is 15.1 Å². The molecule has 0 bridgehead atoms. The van der Waals surface area contributed by atoms with Crippen molar-refractivity contribution in [3.05, 3.63) is 34.3 Å². The molecule has 1 aromatic carbocycles. The number of urea groups is 1. The number of fused-ring (bicyclic) bond motifs is 1. The smallest absolute Gasteiger partial charge is 0.408 e. The maximum Gasteiger partial charge on any atom is 0.417 e. The van der Waals surface area contributed by atoms with Crippen molar-refractivity contribution in [2.45, 2.75) is 6.04 Å². The van der Waals surface area contributed by atoms with Crippen LogP contribution in [0.1, 0.15) is 11.6 Å². The largest absolute Gasteiger partial charge is 0.417 e. The van der Waals surface area contributed by atoms with Crippen molar-refractivity contribution in [2.75, 3.05) is 6.54 Å². The third-order valence-corrected chi connectivity index (χ3v) is 2.62. The van der Waals surface area contributed by atoms with E-state index in [2.05, 4.69) is 15.6 Å². The topological polar surface area (TPSA) is 87.1 Å². The van der Waals surface area contributed by atoms with E-state index in [1.165, 1.54) is 0 Å². The van der Waals surface area contributed by atoms with Gasteiger partial charge in [-0.15, -0.1) is 0 Å². The molecular formula is C10H9N3O3. The predicted molar refractivity (Wildman–Crippen MR) is 56.1 cm³/mol. The van der Waals surface area contributed by atoms with E-state index >= 15 is 0 Å². The predicted octanol–water partition coefficient (Wildman–Crippen LogP) is 0.475. The molecule has 6 heteroatoms. The fraction of sp³-hybridized carbons (Fsp3) is 0.200. The first kappa shape index (κ1) is 9.02. The normalized spacial score (nSPS) is 19.8. The Kier molecular flexibility index (Phi) is 1.76. The molecule has 1 aliphatic heterocycles. The minimum absolute atomic E-state index is 0.0721. The highest BCUT2D eigenvalue weighted by Gasteiger charge is 2.21. The lowest BCUT2D eigenvalue weighted by Gasteiger charge is -2.07. The lowest BCUT2D eigenvalue weighted by molar-refractivity contribution is 0.247. The van der Waals surface area contributed by atoms with Gasteiger partial charge in [0.2, 0.25) is 0 Å². The minimum atomic E-state index is -0.472. The molecule has 1 atom stereocenters. The van der Waals surface area contributed by atoms with Crippen LogP contribution >= 0.6 is 0 Å². The number of carbonyl (C=O) groups is 1. The molecule has 2 amide bonds. The molecule has 1 unspecified atom stereocenters. The summed E-state index contributed by atoms with van der Waals surface area (Å²) in [5.41, 5.74) is 2.07. The molecule has 1 saturated heterocycles. The summed E-state index contributed by atoms with van der Waals surface area (Å²) >= 11 is 0. The zero-order valence-corrected chi connectivity index (χ0v) is 8.24. The average molecular weight is 219 g/mol. The number of aromatic nitrogens is 1. The number of amides is 2. The Balaban J connectivity index is 2.04. The van der Waals surface area contributed by atoms with E-state index in [-0.39, 0.29) is 12.1 Å². The van der Waals surface area contributed by atoms with Gasteiger partial charge in [-0.05, 0) is 17.7 Å². The van der Waals surface area contributed by atoms with Crippen LogP contribution in [0, 0.1) is 0 Å². The van der Waals surface area contributed by atoms with E-state index in [1.54, 1.807) is 12.1 Å². The van der Waals surface area contributed by atoms with Crippen molar-refractivity contribution in [1.82, 2.24) is 15.6 Å². The van der Waals surface area contributed by atoms with Crippen LogP contribution in [-0.4, -0.2) is 17.6 Å². The Hall–Kier alpha value is -2.24. The number of H-pyrrole nitrogens is 1. The average Bonchev–Trinajstić information content (AvgIpc) is 2.81. The van der Waals surface area contributed by atoms with Crippen LogP contribution in [0.5, 0.6) is 0 Å². The van der Waals surface area contributed by atoms with Crippen molar-refractivity contribution < 1.29 is 9.21 Å². The van der Waals surface area contributed by atoms with E-state index < -0.39 is 5.76 Å². The Labute approximate surface area is 89.6 Å². The Bertz CT molecular complexity index is 613. The SMILES string of the molecule is O=C1NCC(c2ccc3[nH]c(=O)oc3c2)N1. The molecule has 16 heavy (non-hydrogen) atoms. The fourth-order valence-electron chi connectivity index (χ4n) is 1.83. The van der Waals surface area contributed by atoms with Crippen molar-refractivity contribution >= 4 is 17.1 Å². The highest BCUT2D eigenvalue weighted by Crippen LogP contribution is 2.19. The second-order valence-corrected chi connectivity index (χ2v) is 3.68. The number of nitrogens with one attached hydrogen (secondary N) is 3. The summed E-state index contributed by atoms with van der Waals surface area (Å²) in [7, 11) is 0. The first-order valence-electron chi connectivity index (χ1n) is 4.89. The van der Waals surface area contributed by atoms with Gasteiger partial charge >= 0.3 is 11.8 Å². The number of rotatable bonds is 1. The second-order valence-electron chi connectivity index (χ2n) is 3.68. The van der Waals surface area contributed by atoms with Gasteiger partial charge in [0, 0.05) is 6.54 Å². The lowest BCUT2D eigenvalue weighted by atomic mass is 10.1. The maximum atomic E-state index is 11.0. The van der Waals surface area contributed by atoms with Crippen LogP contribution in [0.25, 0.3) is 11.1 Å². The third kappa shape index (κ3) is 1.35. The van der Waals surface area contributed by atoms with E-state index in [4.69, 9.17) is 4.42 Å². The zero-order valence-electron chi connectivity index (χ0n) is 8.24. The molecule has 0 spiro atoms. The molecule has 0 radical (unpaired) electrons. The van der Waals surface area contributed by atoms with Crippen LogP contribution in [0.15, 0.2) is 27.4 Å². The molecular weight excluding hydrogens is 210 g/mol. The molecule has 2 aromatic rings. The number of aromatic amines is 1. The molecule has 0 saturated carbocycles. The summed E-state index contributed by atoms with van der Waals surface area (Å²) in [6.45, 7) is 0.541. The van der Waals surface area contributed by atoms with Crippen LogP contribution < -0.4 is 16.4 Å². The third-order valence-electron chi connectivity index (χ3n) is 2.62. The molecule has 82 valence electrons. The van der Waals surface area contributed by atoms with Gasteiger partial charge in [0.25, 0.3) is 0 Å². The summed E-state index contributed by atoms with van der Waals surface area (Å²) < 4.78 is 4.95. The van der Waals surface area contributed by atoms with Gasteiger partial charge in [0.15, 0.2) is 5.58 Å². The van der Waals surface area contributed by atoms with Crippen molar-refractivity contribution in [1.29, 1.82) is 0 Å². The number of oxazole rings is 1. The van der Waals surface area contributed by atoms with E-state index in [1.807, 2.05) is 6.07 Å². The van der Waals surface area contributed by atoms with Crippen molar-refractivity contribution in [3.8, 4) is 0 Å². The van der Waals surface area contributed by atoms with Gasteiger partial charge in [0.1, 0.15) is 0 Å². The first-order valence-corrected chi connectivity index (χ1v) is 4.89. The minimum Gasteiger partial charge on any atom is -0.408 e. The Morgan fingerprint density at radius 2 is 2.19 bits per heavy atom. The summed E-state index contributed by atoms with van der Waals surface area (Å²) in [6.07, 6.45) is 0. The Morgan fingerprint density at radius 3 is 2.94 bits per heavy atom. The Morgan fingerprint density at radius 1 is 1.31 bits per heavy atom. The van der Waals surface area contributed by atoms with Gasteiger partial charge in [-0.25, -0.2) is 9.59 Å². The molecule has 3 N–H and O–H groups in total. The standard InChI is InChI=1S/C10H9N3O3/c14-9-11-4-7(12-9)5-1-2-6-8(3-5)16-10(15)13-6/h1-3,7H,4H2,(H,13,15)(H2,11,12,14). The maximum absolute atomic E-state index is 11.0. The molecule has 1 aromatic heterocycles. The molecule has 1 fully saturated rings. The van der Waals surface area contributed by atoms with Gasteiger partial charge in [-0.3, -0.25) is 4.98 Å². The zero-order chi connectivity index (χ0) is 11.1. The second kappa shape index (κ2) is 3.13. The number of carbonyl (C=O) groups excluding carboxylic acids is 1. The van der Waals surface area contributed by atoms with E-state index in [0.717, 1.165) is 5.56 Å². The van der Waals surface area contributed by atoms with Gasteiger partial charge in [-0.1, -0.05) is 6.07 Å². The summed E-state index contributed by atoms with van der Waals surface area (Å²) in [4.78, 5) is 24.5. The first-order chi connectivity index (χ1) is 7.72.